The first-order chi connectivity index (χ1) is 12.8. The van der Waals surface area contributed by atoms with Crippen LogP contribution in [0.4, 0.5) is 0 Å². The number of hydrogen-bond acceptors (Lipinski definition) is 10. The van der Waals surface area contributed by atoms with Crippen molar-refractivity contribution in [3.8, 4) is 5.75 Å². The van der Waals surface area contributed by atoms with Crippen LogP contribution in [0.5, 0.6) is 5.75 Å². The quantitative estimate of drug-likeness (QED) is 0.212. The third kappa shape index (κ3) is 9.79. The SMILES string of the molecule is NC(Cc1ccc(O)cc1)C(=O)OCCCCC(CO[N+](=O)[O-])O[N+](=O)[O-]. The van der Waals surface area contributed by atoms with Gasteiger partial charge in [-0.05, 0) is 43.4 Å². The number of esters is 1. The minimum absolute atomic E-state index is 0.0450. The molecule has 1 aromatic rings. The fourth-order valence-corrected chi connectivity index (χ4v) is 2.16. The van der Waals surface area contributed by atoms with E-state index < -0.39 is 34.9 Å². The number of phenolic OH excluding ortho intramolecular Hbond substituents is 1. The van der Waals surface area contributed by atoms with Crippen LogP contribution in [0.1, 0.15) is 24.8 Å². The van der Waals surface area contributed by atoms with Crippen LogP contribution in [0.15, 0.2) is 24.3 Å². The molecular formula is C15H21N3O9. The fraction of sp³-hybridized carbons (Fsp3) is 0.533. The summed E-state index contributed by atoms with van der Waals surface area (Å²) in [7, 11) is 0. The summed E-state index contributed by atoms with van der Waals surface area (Å²) in [6, 6.07) is 5.39. The van der Waals surface area contributed by atoms with E-state index in [0.29, 0.717) is 12.8 Å². The summed E-state index contributed by atoms with van der Waals surface area (Å²) < 4.78 is 5.03. The van der Waals surface area contributed by atoms with E-state index in [0.717, 1.165) is 5.56 Å². The van der Waals surface area contributed by atoms with Gasteiger partial charge < -0.3 is 25.3 Å². The van der Waals surface area contributed by atoms with Gasteiger partial charge in [-0.2, -0.15) is 0 Å². The Balaban J connectivity index is 2.26. The highest BCUT2D eigenvalue weighted by atomic mass is 17.0. The Hall–Kier alpha value is -3.15. The largest absolute Gasteiger partial charge is 0.508 e. The summed E-state index contributed by atoms with van der Waals surface area (Å²) in [6.45, 7) is -0.519. The van der Waals surface area contributed by atoms with Gasteiger partial charge in [0.05, 0.1) is 6.61 Å². The Morgan fingerprint density at radius 2 is 1.81 bits per heavy atom. The molecule has 1 rings (SSSR count). The van der Waals surface area contributed by atoms with E-state index in [4.69, 9.17) is 10.5 Å². The number of phenols is 1. The van der Waals surface area contributed by atoms with E-state index in [9.17, 15) is 30.1 Å². The maximum absolute atomic E-state index is 11.8. The highest BCUT2D eigenvalue weighted by Gasteiger charge is 2.17. The number of rotatable bonds is 13. The van der Waals surface area contributed by atoms with Gasteiger partial charge in [0.2, 0.25) is 0 Å². The second-order valence-corrected chi connectivity index (χ2v) is 5.61. The number of carbonyl (C=O) groups is 1. The Morgan fingerprint density at radius 1 is 1.15 bits per heavy atom. The normalized spacial score (nSPS) is 12.6. The fourth-order valence-electron chi connectivity index (χ4n) is 2.16. The van der Waals surface area contributed by atoms with E-state index in [1.165, 1.54) is 12.1 Å². The first-order valence-electron chi connectivity index (χ1n) is 8.06. The highest BCUT2D eigenvalue weighted by Crippen LogP contribution is 2.11. The Labute approximate surface area is 154 Å². The number of carbonyl (C=O) groups excluding carboxylic acids is 1. The molecule has 0 aromatic heterocycles. The van der Waals surface area contributed by atoms with Crippen LogP contribution in [0.2, 0.25) is 0 Å². The van der Waals surface area contributed by atoms with Gasteiger partial charge in [-0.15, -0.1) is 20.2 Å². The zero-order valence-electron chi connectivity index (χ0n) is 14.4. The monoisotopic (exact) mass is 387 g/mol. The molecule has 2 atom stereocenters. The van der Waals surface area contributed by atoms with Gasteiger partial charge in [-0.25, -0.2) is 0 Å². The molecule has 150 valence electrons. The molecule has 0 aliphatic heterocycles. The molecule has 0 saturated carbocycles. The lowest BCUT2D eigenvalue weighted by Gasteiger charge is -2.14. The smallest absolute Gasteiger partial charge is 0.323 e. The molecule has 0 fully saturated rings. The first kappa shape index (κ1) is 21.9. The minimum atomic E-state index is -1.09. The number of nitrogens with zero attached hydrogens (tertiary/aromatic N) is 2. The van der Waals surface area contributed by atoms with Crippen LogP contribution < -0.4 is 5.73 Å². The standard InChI is InChI=1S/C15H21N3O9/c16-14(9-11-4-6-12(19)7-5-11)15(20)25-8-2-1-3-13(27-18(23)24)10-26-17(21)22/h4-7,13-14,19H,1-3,8-10,16H2. The number of benzene rings is 1. The Bertz CT molecular complexity index is 623. The van der Waals surface area contributed by atoms with E-state index in [-0.39, 0.29) is 25.2 Å². The van der Waals surface area contributed by atoms with Gasteiger partial charge in [0.1, 0.15) is 24.5 Å². The first-order valence-corrected chi connectivity index (χ1v) is 8.06. The molecule has 2 unspecified atom stereocenters. The molecule has 27 heavy (non-hydrogen) atoms. The zero-order valence-corrected chi connectivity index (χ0v) is 14.4. The lowest BCUT2D eigenvalue weighted by molar-refractivity contribution is -0.790. The van der Waals surface area contributed by atoms with Crippen LogP contribution >= 0.6 is 0 Å². The number of nitrogens with two attached hydrogens (primary N) is 1. The number of unbranched alkanes of at least 4 members (excludes halogenated alkanes) is 1. The Kier molecular flexibility index (Phi) is 9.29. The van der Waals surface area contributed by atoms with Crippen molar-refractivity contribution in [2.24, 2.45) is 5.73 Å². The van der Waals surface area contributed by atoms with Crippen molar-refractivity contribution in [2.45, 2.75) is 37.8 Å². The van der Waals surface area contributed by atoms with Crippen LogP contribution in [0.25, 0.3) is 0 Å². The molecule has 0 aliphatic carbocycles. The lowest BCUT2D eigenvalue weighted by atomic mass is 10.1. The molecule has 0 spiro atoms. The molecule has 0 radical (unpaired) electrons. The molecule has 1 aromatic carbocycles. The average molecular weight is 387 g/mol. The van der Waals surface area contributed by atoms with E-state index in [2.05, 4.69) is 9.68 Å². The van der Waals surface area contributed by atoms with Gasteiger partial charge >= 0.3 is 5.97 Å². The zero-order chi connectivity index (χ0) is 20.2. The van der Waals surface area contributed by atoms with Crippen molar-refractivity contribution in [1.29, 1.82) is 0 Å². The molecule has 3 N–H and O–H groups in total. The summed E-state index contributed by atoms with van der Waals surface area (Å²) in [5.74, 6) is -0.490. The van der Waals surface area contributed by atoms with Crippen molar-refractivity contribution >= 4 is 5.97 Å². The van der Waals surface area contributed by atoms with Gasteiger partial charge in [0.25, 0.3) is 10.2 Å². The van der Waals surface area contributed by atoms with Gasteiger partial charge in [0, 0.05) is 0 Å². The third-order valence-corrected chi connectivity index (χ3v) is 3.46. The predicted molar refractivity (Wildman–Crippen MR) is 89.4 cm³/mol. The summed E-state index contributed by atoms with van der Waals surface area (Å²) in [5.41, 5.74) is 6.53. The number of ether oxygens (including phenoxy) is 1. The van der Waals surface area contributed by atoms with Crippen molar-refractivity contribution in [1.82, 2.24) is 0 Å². The maximum atomic E-state index is 11.8. The van der Waals surface area contributed by atoms with Gasteiger partial charge in [-0.3, -0.25) is 4.79 Å². The molecule has 12 heteroatoms. The van der Waals surface area contributed by atoms with E-state index in [1.54, 1.807) is 12.1 Å². The average Bonchev–Trinajstić information content (AvgIpc) is 2.60. The maximum Gasteiger partial charge on any atom is 0.323 e. The van der Waals surface area contributed by atoms with Gasteiger partial charge in [0.15, 0.2) is 0 Å². The topological polar surface area (TPSA) is 177 Å². The van der Waals surface area contributed by atoms with Crippen molar-refractivity contribution in [3.63, 3.8) is 0 Å². The number of hydrogen-bond donors (Lipinski definition) is 2. The van der Waals surface area contributed by atoms with E-state index in [1.807, 2.05) is 0 Å². The second kappa shape index (κ2) is 11.5. The van der Waals surface area contributed by atoms with Crippen molar-refractivity contribution in [3.05, 3.63) is 50.1 Å². The summed E-state index contributed by atoms with van der Waals surface area (Å²) in [6.07, 6.45) is 0.00773. The number of aromatic hydroxyl groups is 1. The van der Waals surface area contributed by atoms with Crippen LogP contribution in [0.3, 0.4) is 0 Å². The van der Waals surface area contributed by atoms with Crippen LogP contribution in [-0.4, -0.2) is 46.6 Å². The Morgan fingerprint density at radius 3 is 2.41 bits per heavy atom. The lowest BCUT2D eigenvalue weighted by Crippen LogP contribution is -2.34. The van der Waals surface area contributed by atoms with Crippen LogP contribution in [0, 0.1) is 20.2 Å². The molecule has 0 saturated heterocycles. The second-order valence-electron chi connectivity index (χ2n) is 5.61. The molecular weight excluding hydrogens is 366 g/mol. The van der Waals surface area contributed by atoms with Gasteiger partial charge in [-0.1, -0.05) is 12.1 Å². The molecule has 0 bridgehead atoms. The molecule has 0 aliphatic rings. The molecule has 12 nitrogen and oxygen atoms in total. The van der Waals surface area contributed by atoms with E-state index >= 15 is 0 Å². The molecule has 0 heterocycles. The summed E-state index contributed by atoms with van der Waals surface area (Å²) >= 11 is 0. The summed E-state index contributed by atoms with van der Waals surface area (Å²) in [4.78, 5) is 40.7. The highest BCUT2D eigenvalue weighted by molar-refractivity contribution is 5.75. The molecule has 0 amide bonds. The van der Waals surface area contributed by atoms with Crippen molar-refractivity contribution < 1.29 is 34.5 Å². The predicted octanol–water partition coefficient (Wildman–Crippen LogP) is 0.761. The minimum Gasteiger partial charge on any atom is -0.508 e. The summed E-state index contributed by atoms with van der Waals surface area (Å²) in [5, 5.41) is 27.6. The third-order valence-electron chi connectivity index (χ3n) is 3.46. The van der Waals surface area contributed by atoms with Crippen LogP contribution in [-0.2, 0) is 25.6 Å². The van der Waals surface area contributed by atoms with Crippen molar-refractivity contribution in [2.75, 3.05) is 13.2 Å².